The molecule has 1 saturated carbocycles. The number of nitrogens with one attached hydrogen (secondary N) is 1. The quantitative estimate of drug-likeness (QED) is 0.859. The van der Waals surface area contributed by atoms with Crippen molar-refractivity contribution in [2.45, 2.75) is 58.4 Å². The Balaban J connectivity index is 2.01. The lowest BCUT2D eigenvalue weighted by molar-refractivity contribution is 0.328. The van der Waals surface area contributed by atoms with E-state index in [1.54, 1.807) is 0 Å². The normalized spacial score (nSPS) is 18.6. The summed E-state index contributed by atoms with van der Waals surface area (Å²) in [5.41, 5.74) is 5.80. The predicted octanol–water partition coefficient (Wildman–Crippen LogP) is 3.00. The van der Waals surface area contributed by atoms with Gasteiger partial charge in [0.05, 0.1) is 0 Å². The highest BCUT2D eigenvalue weighted by Gasteiger charge is 2.20. The number of hydrogen-bond donors (Lipinski definition) is 2. The first kappa shape index (κ1) is 13.1. The van der Waals surface area contributed by atoms with E-state index in [0.29, 0.717) is 11.9 Å². The third-order valence-electron chi connectivity index (χ3n) is 3.84. The summed E-state index contributed by atoms with van der Waals surface area (Å²) in [6, 6.07) is 2.29. The van der Waals surface area contributed by atoms with E-state index in [-0.39, 0.29) is 0 Å². The first-order chi connectivity index (χ1) is 8.69. The molecule has 0 radical (unpaired) electrons. The molecular weight excluding hydrogens is 224 g/mol. The highest BCUT2D eigenvalue weighted by atomic mass is 15.1. The standard InChI is InChI=1S/C14H24N4/c1-3-13-17-12(15)9-14(18-13)16-10(2)11-7-5-4-6-8-11/h9-11H,3-8H2,1-2H3,(H3,15,16,17,18). The van der Waals surface area contributed by atoms with E-state index in [0.717, 1.165) is 24.0 Å². The van der Waals surface area contributed by atoms with Crippen LogP contribution < -0.4 is 11.1 Å². The van der Waals surface area contributed by atoms with Crippen molar-refractivity contribution >= 4 is 11.6 Å². The number of anilines is 2. The van der Waals surface area contributed by atoms with Crippen LogP contribution in [0.3, 0.4) is 0 Å². The van der Waals surface area contributed by atoms with Crippen LogP contribution in [0.2, 0.25) is 0 Å². The van der Waals surface area contributed by atoms with Gasteiger partial charge in [-0.1, -0.05) is 26.2 Å². The van der Waals surface area contributed by atoms with Crippen molar-refractivity contribution in [3.05, 3.63) is 11.9 Å². The van der Waals surface area contributed by atoms with Gasteiger partial charge in [0.25, 0.3) is 0 Å². The van der Waals surface area contributed by atoms with Crippen molar-refractivity contribution in [3.63, 3.8) is 0 Å². The van der Waals surface area contributed by atoms with E-state index in [4.69, 9.17) is 5.73 Å². The van der Waals surface area contributed by atoms with Crippen molar-refractivity contribution in [2.75, 3.05) is 11.1 Å². The summed E-state index contributed by atoms with van der Waals surface area (Å²) in [6.45, 7) is 4.29. The van der Waals surface area contributed by atoms with Gasteiger partial charge in [-0.05, 0) is 25.7 Å². The number of nitrogens with two attached hydrogens (primary N) is 1. The molecule has 4 nitrogen and oxygen atoms in total. The van der Waals surface area contributed by atoms with E-state index in [2.05, 4.69) is 22.2 Å². The first-order valence-corrected chi connectivity index (χ1v) is 7.09. The number of nitrogens with zero attached hydrogens (tertiary/aromatic N) is 2. The number of aryl methyl sites for hydroxylation is 1. The van der Waals surface area contributed by atoms with Crippen LogP contribution in [-0.4, -0.2) is 16.0 Å². The minimum absolute atomic E-state index is 0.462. The van der Waals surface area contributed by atoms with Gasteiger partial charge >= 0.3 is 0 Å². The second-order valence-corrected chi connectivity index (χ2v) is 5.28. The van der Waals surface area contributed by atoms with E-state index in [1.807, 2.05) is 13.0 Å². The lowest BCUT2D eigenvalue weighted by Crippen LogP contribution is -2.28. The second-order valence-electron chi connectivity index (χ2n) is 5.28. The summed E-state index contributed by atoms with van der Waals surface area (Å²) >= 11 is 0. The van der Waals surface area contributed by atoms with E-state index in [9.17, 15) is 0 Å². The van der Waals surface area contributed by atoms with Crippen molar-refractivity contribution in [3.8, 4) is 0 Å². The molecular formula is C14H24N4. The number of hydrogen-bond acceptors (Lipinski definition) is 4. The van der Waals surface area contributed by atoms with E-state index >= 15 is 0 Å². The van der Waals surface area contributed by atoms with Crippen LogP contribution in [-0.2, 0) is 6.42 Å². The highest BCUT2D eigenvalue weighted by Crippen LogP contribution is 2.27. The lowest BCUT2D eigenvalue weighted by Gasteiger charge is -2.28. The zero-order valence-corrected chi connectivity index (χ0v) is 11.4. The molecule has 0 saturated heterocycles. The molecule has 0 amide bonds. The molecule has 1 unspecified atom stereocenters. The average molecular weight is 248 g/mol. The van der Waals surface area contributed by atoms with Gasteiger partial charge in [-0.15, -0.1) is 0 Å². The summed E-state index contributed by atoms with van der Waals surface area (Å²) in [6.07, 6.45) is 7.59. The van der Waals surface area contributed by atoms with Crippen LogP contribution in [0.5, 0.6) is 0 Å². The van der Waals surface area contributed by atoms with Crippen LogP contribution in [0.1, 0.15) is 51.8 Å². The molecule has 18 heavy (non-hydrogen) atoms. The SMILES string of the molecule is CCc1nc(N)cc(NC(C)C2CCCCC2)n1. The maximum atomic E-state index is 5.80. The fraction of sp³-hybridized carbons (Fsp3) is 0.714. The Morgan fingerprint density at radius 1 is 1.33 bits per heavy atom. The van der Waals surface area contributed by atoms with Crippen LogP contribution in [0.4, 0.5) is 11.6 Å². The molecule has 4 heteroatoms. The van der Waals surface area contributed by atoms with Gasteiger partial charge in [0.1, 0.15) is 17.5 Å². The predicted molar refractivity (Wildman–Crippen MR) is 75.5 cm³/mol. The molecule has 2 rings (SSSR count). The Bertz CT molecular complexity index is 385. The molecule has 0 aromatic carbocycles. The molecule has 1 heterocycles. The van der Waals surface area contributed by atoms with Crippen LogP contribution in [0.25, 0.3) is 0 Å². The van der Waals surface area contributed by atoms with Crippen LogP contribution in [0.15, 0.2) is 6.07 Å². The number of rotatable bonds is 4. The summed E-state index contributed by atoms with van der Waals surface area (Å²) in [7, 11) is 0. The Morgan fingerprint density at radius 2 is 2.06 bits per heavy atom. The summed E-state index contributed by atoms with van der Waals surface area (Å²) in [5, 5.41) is 3.50. The van der Waals surface area contributed by atoms with Gasteiger partial charge in [-0.3, -0.25) is 0 Å². The maximum Gasteiger partial charge on any atom is 0.132 e. The summed E-state index contributed by atoms with van der Waals surface area (Å²) < 4.78 is 0. The van der Waals surface area contributed by atoms with Crippen molar-refractivity contribution in [1.82, 2.24) is 9.97 Å². The number of nitrogen functional groups attached to an aromatic ring is 1. The van der Waals surface area contributed by atoms with Crippen LogP contribution >= 0.6 is 0 Å². The van der Waals surface area contributed by atoms with Gasteiger partial charge in [0.15, 0.2) is 0 Å². The Morgan fingerprint density at radius 3 is 2.72 bits per heavy atom. The van der Waals surface area contributed by atoms with E-state index < -0.39 is 0 Å². The fourth-order valence-corrected chi connectivity index (χ4v) is 2.74. The number of aromatic nitrogens is 2. The van der Waals surface area contributed by atoms with E-state index in [1.165, 1.54) is 32.1 Å². The van der Waals surface area contributed by atoms with Gasteiger partial charge < -0.3 is 11.1 Å². The molecule has 1 fully saturated rings. The molecule has 1 aliphatic carbocycles. The minimum atomic E-state index is 0.462. The molecule has 1 atom stereocenters. The molecule has 3 N–H and O–H groups in total. The van der Waals surface area contributed by atoms with Crippen LogP contribution in [0, 0.1) is 5.92 Å². The molecule has 100 valence electrons. The van der Waals surface area contributed by atoms with Gasteiger partial charge in [0, 0.05) is 18.5 Å². The molecule has 1 aromatic heterocycles. The van der Waals surface area contributed by atoms with Crippen molar-refractivity contribution < 1.29 is 0 Å². The van der Waals surface area contributed by atoms with Gasteiger partial charge in [-0.25, -0.2) is 9.97 Å². The Labute approximate surface area is 109 Å². The van der Waals surface area contributed by atoms with Crippen molar-refractivity contribution in [2.24, 2.45) is 5.92 Å². The second kappa shape index (κ2) is 6.03. The maximum absolute atomic E-state index is 5.80. The molecule has 1 aliphatic rings. The minimum Gasteiger partial charge on any atom is -0.384 e. The first-order valence-electron chi connectivity index (χ1n) is 7.09. The zero-order valence-electron chi connectivity index (χ0n) is 11.4. The van der Waals surface area contributed by atoms with Crippen molar-refractivity contribution in [1.29, 1.82) is 0 Å². The third-order valence-corrected chi connectivity index (χ3v) is 3.84. The Hall–Kier alpha value is -1.32. The largest absolute Gasteiger partial charge is 0.384 e. The molecule has 1 aromatic rings. The fourth-order valence-electron chi connectivity index (χ4n) is 2.74. The molecule has 0 bridgehead atoms. The smallest absolute Gasteiger partial charge is 0.132 e. The Kier molecular flexibility index (Phi) is 4.39. The molecule has 0 aliphatic heterocycles. The molecule has 0 spiro atoms. The van der Waals surface area contributed by atoms with Gasteiger partial charge in [-0.2, -0.15) is 0 Å². The van der Waals surface area contributed by atoms with Gasteiger partial charge in [0.2, 0.25) is 0 Å². The topological polar surface area (TPSA) is 63.8 Å². The summed E-state index contributed by atoms with van der Waals surface area (Å²) in [4.78, 5) is 8.68. The third kappa shape index (κ3) is 3.34. The summed E-state index contributed by atoms with van der Waals surface area (Å²) in [5.74, 6) is 3.01. The average Bonchev–Trinajstić information content (AvgIpc) is 2.39. The highest BCUT2D eigenvalue weighted by molar-refractivity contribution is 5.45. The lowest BCUT2D eigenvalue weighted by atomic mass is 9.84. The zero-order chi connectivity index (χ0) is 13.0. The monoisotopic (exact) mass is 248 g/mol.